The average molecular weight is 294 g/mol. The molecule has 2 rings (SSSR count). The summed E-state index contributed by atoms with van der Waals surface area (Å²) in [6.45, 7) is 2.25. The van der Waals surface area contributed by atoms with E-state index in [0.29, 0.717) is 0 Å². The lowest BCUT2D eigenvalue weighted by molar-refractivity contribution is 0.643. The van der Waals surface area contributed by atoms with Gasteiger partial charge in [-0.2, -0.15) is 0 Å². The van der Waals surface area contributed by atoms with Gasteiger partial charge in [-0.05, 0) is 30.7 Å². The van der Waals surface area contributed by atoms with E-state index in [-0.39, 0.29) is 0 Å². The van der Waals surface area contributed by atoms with Gasteiger partial charge in [0.15, 0.2) is 0 Å². The molecule has 0 heterocycles. The zero-order valence-corrected chi connectivity index (χ0v) is 13.5. The van der Waals surface area contributed by atoms with Gasteiger partial charge in [-0.3, -0.25) is 0 Å². The Morgan fingerprint density at radius 2 is 1.45 bits per heavy atom. The second-order valence-corrected chi connectivity index (χ2v) is 5.55. The van der Waals surface area contributed by atoms with E-state index in [2.05, 4.69) is 24.4 Å². The Bertz CT molecular complexity index is 546. The Hall–Kier alpha value is -2.09. The first-order chi connectivity index (χ1) is 10.9. The highest BCUT2D eigenvalue weighted by Gasteiger charge is 2.01. The normalized spacial score (nSPS) is 11.4. The van der Waals surface area contributed by atoms with Crippen molar-refractivity contribution in [2.75, 3.05) is 5.32 Å². The number of hydrogen-bond acceptors (Lipinski definition) is 1. The Morgan fingerprint density at radius 3 is 2.14 bits per heavy atom. The number of aliphatic imine (C=N–C) groups is 1. The molecular weight excluding hydrogens is 268 g/mol. The lowest BCUT2D eigenvalue weighted by Crippen LogP contribution is -2.11. The van der Waals surface area contributed by atoms with Crippen LogP contribution in [0.1, 0.15) is 45.4 Å². The zero-order valence-electron chi connectivity index (χ0n) is 13.5. The van der Waals surface area contributed by atoms with E-state index in [1.807, 2.05) is 48.5 Å². The van der Waals surface area contributed by atoms with Gasteiger partial charge in [0, 0.05) is 12.1 Å². The average Bonchev–Trinajstić information content (AvgIpc) is 2.56. The summed E-state index contributed by atoms with van der Waals surface area (Å²) in [5.41, 5.74) is 2.11. The third-order valence-corrected chi connectivity index (χ3v) is 3.60. The number of nitrogens with one attached hydrogen (secondary N) is 1. The summed E-state index contributed by atoms with van der Waals surface area (Å²) < 4.78 is 0. The number of anilines is 1. The maximum absolute atomic E-state index is 4.78. The van der Waals surface area contributed by atoms with Crippen LogP contribution in [0.4, 0.5) is 11.4 Å². The molecule has 0 amide bonds. The van der Waals surface area contributed by atoms with Gasteiger partial charge in [0.05, 0.1) is 5.69 Å². The standard InChI is InChI=1S/C20H26N2/c1-2-3-4-5-12-17-20(21-18-13-8-6-9-14-18)22-19-15-10-7-11-16-19/h6-11,13-16H,2-5,12,17H2,1H3,(H,21,22). The van der Waals surface area contributed by atoms with E-state index in [1.54, 1.807) is 0 Å². The van der Waals surface area contributed by atoms with Gasteiger partial charge in [0.1, 0.15) is 5.84 Å². The fourth-order valence-electron chi connectivity index (χ4n) is 2.39. The molecule has 22 heavy (non-hydrogen) atoms. The maximum atomic E-state index is 4.78. The SMILES string of the molecule is CCCCCCCC(=Nc1ccccc1)Nc1ccccc1. The molecule has 0 aliphatic rings. The Kier molecular flexibility index (Phi) is 7.24. The van der Waals surface area contributed by atoms with Crippen molar-refractivity contribution in [1.82, 2.24) is 0 Å². The minimum Gasteiger partial charge on any atom is -0.344 e. The van der Waals surface area contributed by atoms with E-state index in [1.165, 1.54) is 32.1 Å². The molecule has 2 heteroatoms. The van der Waals surface area contributed by atoms with Crippen LogP contribution in [0.15, 0.2) is 65.7 Å². The van der Waals surface area contributed by atoms with Crippen molar-refractivity contribution in [3.05, 3.63) is 60.7 Å². The number of rotatable bonds is 8. The molecule has 0 aromatic heterocycles. The summed E-state index contributed by atoms with van der Waals surface area (Å²) in [4.78, 5) is 4.78. The van der Waals surface area contributed by atoms with Crippen molar-refractivity contribution in [2.24, 2.45) is 4.99 Å². The van der Waals surface area contributed by atoms with Crippen molar-refractivity contribution in [3.8, 4) is 0 Å². The summed E-state index contributed by atoms with van der Waals surface area (Å²) >= 11 is 0. The Balaban J connectivity index is 1.99. The first-order valence-corrected chi connectivity index (χ1v) is 8.33. The molecule has 0 saturated heterocycles. The fourth-order valence-corrected chi connectivity index (χ4v) is 2.39. The highest BCUT2D eigenvalue weighted by Crippen LogP contribution is 2.15. The molecule has 0 bridgehead atoms. The van der Waals surface area contributed by atoms with Crippen LogP contribution in [0.3, 0.4) is 0 Å². The van der Waals surface area contributed by atoms with Gasteiger partial charge in [-0.25, -0.2) is 4.99 Å². The predicted octanol–water partition coefficient (Wildman–Crippen LogP) is 6.19. The first-order valence-electron chi connectivity index (χ1n) is 8.33. The maximum Gasteiger partial charge on any atom is 0.107 e. The highest BCUT2D eigenvalue weighted by molar-refractivity contribution is 5.96. The number of nitrogens with zero attached hydrogens (tertiary/aromatic N) is 1. The molecule has 0 unspecified atom stereocenters. The molecule has 0 spiro atoms. The second-order valence-electron chi connectivity index (χ2n) is 5.55. The van der Waals surface area contributed by atoms with Crippen LogP contribution in [0.5, 0.6) is 0 Å². The molecular formula is C20H26N2. The molecule has 2 aromatic rings. The number of amidine groups is 1. The van der Waals surface area contributed by atoms with Crippen LogP contribution < -0.4 is 5.32 Å². The molecule has 0 radical (unpaired) electrons. The fraction of sp³-hybridized carbons (Fsp3) is 0.350. The lowest BCUT2D eigenvalue weighted by Gasteiger charge is -2.10. The third kappa shape index (κ3) is 6.13. The van der Waals surface area contributed by atoms with Gasteiger partial charge >= 0.3 is 0 Å². The van der Waals surface area contributed by atoms with E-state index in [0.717, 1.165) is 23.6 Å². The van der Waals surface area contributed by atoms with E-state index in [9.17, 15) is 0 Å². The molecule has 0 aliphatic carbocycles. The number of hydrogen-bond donors (Lipinski definition) is 1. The molecule has 0 aliphatic heterocycles. The molecule has 2 aromatic carbocycles. The topological polar surface area (TPSA) is 24.4 Å². The van der Waals surface area contributed by atoms with Crippen molar-refractivity contribution in [2.45, 2.75) is 45.4 Å². The van der Waals surface area contributed by atoms with Crippen molar-refractivity contribution in [1.29, 1.82) is 0 Å². The highest BCUT2D eigenvalue weighted by atomic mass is 15.0. The second kappa shape index (κ2) is 9.78. The van der Waals surface area contributed by atoms with E-state index < -0.39 is 0 Å². The molecule has 0 atom stereocenters. The molecule has 116 valence electrons. The molecule has 0 fully saturated rings. The lowest BCUT2D eigenvalue weighted by atomic mass is 10.1. The Morgan fingerprint density at radius 1 is 0.818 bits per heavy atom. The van der Waals surface area contributed by atoms with E-state index >= 15 is 0 Å². The van der Waals surface area contributed by atoms with Crippen LogP contribution in [-0.2, 0) is 0 Å². The molecule has 1 N–H and O–H groups in total. The summed E-state index contributed by atoms with van der Waals surface area (Å²) in [6.07, 6.45) is 7.39. The quantitative estimate of drug-likeness (QED) is 0.350. The van der Waals surface area contributed by atoms with Gasteiger partial charge in [-0.1, -0.05) is 69.0 Å². The third-order valence-electron chi connectivity index (χ3n) is 3.60. The largest absolute Gasteiger partial charge is 0.344 e. The van der Waals surface area contributed by atoms with Crippen LogP contribution in [0.2, 0.25) is 0 Å². The van der Waals surface area contributed by atoms with Crippen LogP contribution in [0.25, 0.3) is 0 Å². The minimum absolute atomic E-state index is 0.994. The minimum atomic E-state index is 0.994. The van der Waals surface area contributed by atoms with Crippen LogP contribution >= 0.6 is 0 Å². The summed E-state index contributed by atoms with van der Waals surface area (Å²) in [6, 6.07) is 20.5. The predicted molar refractivity (Wildman–Crippen MR) is 97.0 cm³/mol. The monoisotopic (exact) mass is 294 g/mol. The van der Waals surface area contributed by atoms with Gasteiger partial charge < -0.3 is 5.32 Å². The zero-order chi connectivity index (χ0) is 15.5. The smallest absolute Gasteiger partial charge is 0.107 e. The van der Waals surface area contributed by atoms with Crippen LogP contribution in [0, 0.1) is 0 Å². The van der Waals surface area contributed by atoms with Gasteiger partial charge in [-0.15, -0.1) is 0 Å². The van der Waals surface area contributed by atoms with Gasteiger partial charge in [0.25, 0.3) is 0 Å². The molecule has 2 nitrogen and oxygen atoms in total. The van der Waals surface area contributed by atoms with Crippen LogP contribution in [-0.4, -0.2) is 5.84 Å². The Labute approximate surface area is 134 Å². The number of para-hydroxylation sites is 2. The molecule has 0 saturated carbocycles. The van der Waals surface area contributed by atoms with Crippen molar-refractivity contribution >= 4 is 17.2 Å². The van der Waals surface area contributed by atoms with Gasteiger partial charge in [0.2, 0.25) is 0 Å². The van der Waals surface area contributed by atoms with Crippen molar-refractivity contribution < 1.29 is 0 Å². The first kappa shape index (κ1) is 16.3. The summed E-state index contributed by atoms with van der Waals surface area (Å²) in [7, 11) is 0. The van der Waals surface area contributed by atoms with E-state index in [4.69, 9.17) is 4.99 Å². The number of unbranched alkanes of at least 4 members (excludes halogenated alkanes) is 4. The summed E-state index contributed by atoms with van der Waals surface area (Å²) in [5.74, 6) is 1.05. The van der Waals surface area contributed by atoms with Crippen molar-refractivity contribution in [3.63, 3.8) is 0 Å². The number of benzene rings is 2. The summed E-state index contributed by atoms with van der Waals surface area (Å²) in [5, 5.41) is 3.47.